The summed E-state index contributed by atoms with van der Waals surface area (Å²) in [5.74, 6) is -0.195. The molecule has 0 N–H and O–H groups in total. The van der Waals surface area contributed by atoms with Crippen LogP contribution in [0.25, 0.3) is 0 Å². The lowest BCUT2D eigenvalue weighted by atomic mass is 10.1. The molecule has 0 spiro atoms. The van der Waals surface area contributed by atoms with Gasteiger partial charge >= 0.3 is 0 Å². The Morgan fingerprint density at radius 3 is 2.38 bits per heavy atom. The second kappa shape index (κ2) is 6.34. The fraction of sp³-hybridized carbons (Fsp3) is 0.667. The Kier molecular flexibility index (Phi) is 5.76. The van der Waals surface area contributed by atoms with Crippen LogP contribution in [0, 0.1) is 0 Å². The van der Waals surface area contributed by atoms with E-state index in [1.807, 2.05) is 6.92 Å². The second-order valence-corrected chi connectivity index (χ2v) is 2.74. The highest BCUT2D eigenvalue weighted by Gasteiger charge is 2.11. The molecular weight excluding hydrogens is 170 g/mol. The number of rotatable bonds is 6. The summed E-state index contributed by atoms with van der Waals surface area (Å²) < 4.78 is 0. The third-order valence-corrected chi connectivity index (χ3v) is 1.50. The summed E-state index contributed by atoms with van der Waals surface area (Å²) in [5, 5.41) is 3.49. The van der Waals surface area contributed by atoms with Crippen LogP contribution in [0.1, 0.15) is 33.1 Å². The Morgan fingerprint density at radius 1 is 1.38 bits per heavy atom. The maximum Gasteiger partial charge on any atom is 0.177 e. The van der Waals surface area contributed by atoms with Gasteiger partial charge < -0.3 is 4.84 Å². The smallest absolute Gasteiger partial charge is 0.177 e. The first kappa shape index (κ1) is 11.8. The van der Waals surface area contributed by atoms with Crippen molar-refractivity contribution >= 4 is 17.3 Å². The van der Waals surface area contributed by atoms with Crippen LogP contribution in [-0.2, 0) is 14.4 Å². The molecular formula is C9H15NO3. The molecule has 0 aliphatic carbocycles. The third-order valence-electron chi connectivity index (χ3n) is 1.50. The van der Waals surface area contributed by atoms with Crippen LogP contribution < -0.4 is 0 Å². The third kappa shape index (κ3) is 5.11. The molecule has 0 aromatic heterocycles. The number of ketones is 2. The topological polar surface area (TPSA) is 55.7 Å². The quantitative estimate of drug-likeness (QED) is 0.463. The minimum atomic E-state index is -0.216. The Morgan fingerprint density at radius 2 is 2.00 bits per heavy atom. The Balaban J connectivity index is 4.19. The second-order valence-electron chi connectivity index (χ2n) is 2.74. The summed E-state index contributed by atoms with van der Waals surface area (Å²) in [7, 11) is 1.35. The summed E-state index contributed by atoms with van der Waals surface area (Å²) in [4.78, 5) is 26.5. The summed E-state index contributed by atoms with van der Waals surface area (Å²) in [6, 6.07) is 0. The van der Waals surface area contributed by atoms with Crippen LogP contribution in [-0.4, -0.2) is 24.4 Å². The van der Waals surface area contributed by atoms with Crippen molar-refractivity contribution < 1.29 is 14.4 Å². The standard InChI is InChI=1S/C9H15NO3/c1-4-5-8(12)6-9(7(2)11)10-13-3/h4-6H2,1-3H3. The van der Waals surface area contributed by atoms with Crippen molar-refractivity contribution in [3.8, 4) is 0 Å². The van der Waals surface area contributed by atoms with Crippen LogP contribution in [0.4, 0.5) is 0 Å². The van der Waals surface area contributed by atoms with E-state index in [-0.39, 0.29) is 23.7 Å². The molecule has 0 bridgehead atoms. The van der Waals surface area contributed by atoms with Gasteiger partial charge in [0, 0.05) is 13.3 Å². The molecule has 0 aromatic rings. The van der Waals surface area contributed by atoms with E-state index in [0.717, 1.165) is 6.42 Å². The zero-order chi connectivity index (χ0) is 10.3. The molecule has 0 amide bonds. The van der Waals surface area contributed by atoms with Crippen LogP contribution >= 0.6 is 0 Å². The molecule has 4 heteroatoms. The number of hydrogen-bond donors (Lipinski definition) is 0. The van der Waals surface area contributed by atoms with Crippen LogP contribution in [0.15, 0.2) is 5.16 Å². The maximum atomic E-state index is 11.1. The first-order valence-electron chi connectivity index (χ1n) is 4.24. The maximum absolute atomic E-state index is 11.1. The highest BCUT2D eigenvalue weighted by molar-refractivity contribution is 6.41. The van der Waals surface area contributed by atoms with Crippen LogP contribution in [0.5, 0.6) is 0 Å². The summed E-state index contributed by atoms with van der Waals surface area (Å²) in [5.41, 5.74) is 0.195. The SMILES string of the molecule is CCCC(=O)CC(=NOC)C(C)=O. The molecule has 0 saturated carbocycles. The molecule has 0 heterocycles. The van der Waals surface area contributed by atoms with E-state index in [9.17, 15) is 9.59 Å². The fourth-order valence-corrected chi connectivity index (χ4v) is 0.885. The molecule has 74 valence electrons. The summed E-state index contributed by atoms with van der Waals surface area (Å²) in [6.45, 7) is 3.29. The number of carbonyl (C=O) groups is 2. The molecule has 0 radical (unpaired) electrons. The van der Waals surface area contributed by atoms with E-state index < -0.39 is 0 Å². The normalized spacial score (nSPS) is 11.2. The zero-order valence-corrected chi connectivity index (χ0v) is 8.29. The van der Waals surface area contributed by atoms with Gasteiger partial charge in [-0.15, -0.1) is 0 Å². The fourth-order valence-electron chi connectivity index (χ4n) is 0.885. The molecule has 13 heavy (non-hydrogen) atoms. The van der Waals surface area contributed by atoms with E-state index in [1.54, 1.807) is 0 Å². The number of nitrogens with zero attached hydrogens (tertiary/aromatic N) is 1. The van der Waals surface area contributed by atoms with Crippen molar-refractivity contribution in [3.63, 3.8) is 0 Å². The minimum Gasteiger partial charge on any atom is -0.399 e. The molecule has 0 saturated heterocycles. The van der Waals surface area contributed by atoms with Gasteiger partial charge in [-0.2, -0.15) is 0 Å². The lowest BCUT2D eigenvalue weighted by Crippen LogP contribution is -2.15. The Hall–Kier alpha value is -1.19. The summed E-state index contributed by atoms with van der Waals surface area (Å²) >= 11 is 0. The molecule has 0 unspecified atom stereocenters. The van der Waals surface area contributed by atoms with E-state index in [4.69, 9.17) is 0 Å². The van der Waals surface area contributed by atoms with E-state index in [0.29, 0.717) is 6.42 Å². The van der Waals surface area contributed by atoms with Crippen LogP contribution in [0.3, 0.4) is 0 Å². The first-order chi connectivity index (χ1) is 6.11. The Labute approximate surface area is 77.9 Å². The van der Waals surface area contributed by atoms with Gasteiger partial charge in [0.1, 0.15) is 18.6 Å². The molecule has 0 aromatic carbocycles. The monoisotopic (exact) mass is 185 g/mol. The van der Waals surface area contributed by atoms with Crippen LogP contribution in [0.2, 0.25) is 0 Å². The van der Waals surface area contributed by atoms with Crippen molar-refractivity contribution in [2.45, 2.75) is 33.1 Å². The Bertz CT molecular complexity index is 221. The lowest BCUT2D eigenvalue weighted by Gasteiger charge is -1.99. The number of Topliss-reactive ketones (excluding diaryl/α,β-unsaturated/α-hetero) is 2. The van der Waals surface area contributed by atoms with Gasteiger partial charge in [0.25, 0.3) is 0 Å². The number of carbonyl (C=O) groups excluding carboxylic acids is 2. The highest BCUT2D eigenvalue weighted by Crippen LogP contribution is 1.98. The van der Waals surface area contributed by atoms with Gasteiger partial charge in [-0.1, -0.05) is 12.1 Å². The van der Waals surface area contributed by atoms with Gasteiger partial charge in [0.05, 0.1) is 6.42 Å². The summed E-state index contributed by atoms with van der Waals surface area (Å²) in [6.07, 6.45) is 1.35. The molecule has 0 aliphatic rings. The molecule has 0 fully saturated rings. The van der Waals surface area contributed by atoms with Crippen molar-refractivity contribution in [3.05, 3.63) is 0 Å². The molecule has 0 aliphatic heterocycles. The minimum absolute atomic E-state index is 0.0218. The van der Waals surface area contributed by atoms with Gasteiger partial charge in [-0.3, -0.25) is 9.59 Å². The molecule has 4 nitrogen and oxygen atoms in total. The lowest BCUT2D eigenvalue weighted by molar-refractivity contribution is -0.119. The molecule has 0 atom stereocenters. The van der Waals surface area contributed by atoms with Gasteiger partial charge in [0.15, 0.2) is 5.78 Å². The van der Waals surface area contributed by atoms with Crippen molar-refractivity contribution in [2.24, 2.45) is 5.16 Å². The predicted octanol–water partition coefficient (Wildman–Crippen LogP) is 1.34. The van der Waals surface area contributed by atoms with Crippen molar-refractivity contribution in [1.82, 2.24) is 0 Å². The van der Waals surface area contributed by atoms with Crippen molar-refractivity contribution in [2.75, 3.05) is 7.11 Å². The number of hydrogen-bond acceptors (Lipinski definition) is 4. The van der Waals surface area contributed by atoms with Gasteiger partial charge in [-0.05, 0) is 6.42 Å². The van der Waals surface area contributed by atoms with Crippen molar-refractivity contribution in [1.29, 1.82) is 0 Å². The van der Waals surface area contributed by atoms with E-state index in [2.05, 4.69) is 9.99 Å². The van der Waals surface area contributed by atoms with Gasteiger partial charge in [-0.25, -0.2) is 0 Å². The molecule has 0 rings (SSSR count). The average molecular weight is 185 g/mol. The largest absolute Gasteiger partial charge is 0.399 e. The average Bonchev–Trinajstić information content (AvgIpc) is 2.04. The van der Waals surface area contributed by atoms with Gasteiger partial charge in [0.2, 0.25) is 0 Å². The predicted molar refractivity (Wildman–Crippen MR) is 49.7 cm³/mol. The van der Waals surface area contributed by atoms with E-state index >= 15 is 0 Å². The first-order valence-corrected chi connectivity index (χ1v) is 4.24. The van der Waals surface area contributed by atoms with E-state index in [1.165, 1.54) is 14.0 Å². The zero-order valence-electron chi connectivity index (χ0n) is 8.29. The number of oxime groups is 1. The highest BCUT2D eigenvalue weighted by atomic mass is 16.6.